The molecule has 0 aliphatic carbocycles. The number of hydrogen-bond acceptors (Lipinski definition) is 13. The molecular weight excluding hydrogens is 947 g/mol. The highest BCUT2D eigenvalue weighted by atomic mass is 16.4. The Hall–Kier alpha value is -6.66. The van der Waals surface area contributed by atoms with Gasteiger partial charge in [0.05, 0.1) is 19.0 Å². The molecule has 1 aromatic carbocycles. The first-order valence-electron chi connectivity index (χ1n) is 25.0. The van der Waals surface area contributed by atoms with Gasteiger partial charge in [-0.2, -0.15) is 0 Å². The van der Waals surface area contributed by atoms with Crippen LogP contribution in [0.25, 0.3) is 10.9 Å². The third-order valence-electron chi connectivity index (χ3n) is 11.8. The van der Waals surface area contributed by atoms with Crippen molar-refractivity contribution in [2.75, 3.05) is 19.6 Å². The Bertz CT molecular complexity index is 2180. The number of nitrogens with two attached hydrogens (primary N) is 4. The van der Waals surface area contributed by atoms with E-state index in [1.807, 2.05) is 13.8 Å². The number of primary amides is 1. The minimum atomic E-state index is -1.66. The minimum absolute atomic E-state index is 0.0187. The Balaban J connectivity index is 2.27. The van der Waals surface area contributed by atoms with Crippen molar-refractivity contribution in [3.05, 3.63) is 36.0 Å². The molecule has 0 aliphatic heterocycles. The number of aromatic amines is 1. The van der Waals surface area contributed by atoms with Gasteiger partial charge in [-0.1, -0.05) is 66.2 Å². The van der Waals surface area contributed by atoms with Crippen LogP contribution in [0.15, 0.2) is 30.5 Å². The van der Waals surface area contributed by atoms with E-state index in [-0.39, 0.29) is 44.1 Å². The molecule has 0 unspecified atom stereocenters. The second-order valence-corrected chi connectivity index (χ2v) is 19.5. The monoisotopic (exact) mass is 1030 g/mol. The average Bonchev–Trinajstić information content (AvgIpc) is 3.72. The Kier molecular flexibility index (Phi) is 27.1. The van der Waals surface area contributed by atoms with Crippen LogP contribution in [-0.4, -0.2) is 137 Å². The molecule has 0 saturated heterocycles. The summed E-state index contributed by atoms with van der Waals surface area (Å²) in [5, 5.41) is 30.7. The zero-order valence-electron chi connectivity index (χ0n) is 43.3. The van der Waals surface area contributed by atoms with Crippen LogP contribution < -0.4 is 65.5 Å². The summed E-state index contributed by atoms with van der Waals surface area (Å²) >= 11 is 0. The van der Waals surface area contributed by atoms with Crippen molar-refractivity contribution >= 4 is 70.0 Å². The molecule has 24 heteroatoms. The quantitative estimate of drug-likeness (QED) is 0.0356. The summed E-state index contributed by atoms with van der Waals surface area (Å²) in [6, 6.07) is -2.82. The molecule has 2 aromatic rings. The number of nitrogens with one attached hydrogen (secondary N) is 9. The smallest absolute Gasteiger partial charge is 0.325 e. The van der Waals surface area contributed by atoms with Gasteiger partial charge in [-0.25, -0.2) is 0 Å². The molecule has 0 aliphatic rings. The number of aliphatic carboxylic acids is 1. The zero-order chi connectivity index (χ0) is 54.9. The number of hydrogen-bond donors (Lipinski definition) is 14. The third kappa shape index (κ3) is 22.3. The second-order valence-electron chi connectivity index (χ2n) is 19.5. The van der Waals surface area contributed by atoms with Gasteiger partial charge < -0.3 is 75.6 Å². The van der Waals surface area contributed by atoms with E-state index >= 15 is 0 Å². The first-order chi connectivity index (χ1) is 34.4. The standard InChI is InChI=1S/C49H81N13O11/c1-26(2)20-35(45(68)61-38(23-39(53)63)46(69)60-37(44(67)56-29(7)49(72)73)22-30-24-54-33-16-9-8-14-31(30)33)59-43(66)34(17-11-13-19-51)57-40(64)25-55-48(71)41(28(5)6)62-47(70)36(21-27(3)4)58-42(65)32(52)15-10-12-18-50/h8-9,14,16,24,26-29,32,34-38,41,54H,10-13,15,17-23,25,50-52H2,1-7H3,(H2,53,63)(H,55,71)(H,56,67)(H,57,64)(H,58,65)(H,59,66)(H,60,69)(H,61,68)(H,62,70)(H,72,73)/t29-,32-,34-,35-,36-,37-,38-,41-/m0/s1. The molecule has 24 nitrogen and oxygen atoms in total. The van der Waals surface area contributed by atoms with E-state index in [0.717, 1.165) is 10.9 Å². The molecule has 408 valence electrons. The second kappa shape index (κ2) is 31.7. The first kappa shape index (κ1) is 62.5. The molecule has 18 N–H and O–H groups in total. The molecule has 9 amide bonds. The van der Waals surface area contributed by atoms with E-state index in [9.17, 15) is 53.1 Å². The fraction of sp³-hybridized carbons (Fsp3) is 0.633. The van der Waals surface area contributed by atoms with Gasteiger partial charge in [-0.15, -0.1) is 0 Å². The van der Waals surface area contributed by atoms with E-state index < -0.39 is 126 Å². The van der Waals surface area contributed by atoms with Gasteiger partial charge in [0, 0.05) is 23.5 Å². The Morgan fingerprint density at radius 2 is 1.10 bits per heavy atom. The predicted octanol–water partition coefficient (Wildman–Crippen LogP) is -1.47. The number of fused-ring (bicyclic) bond motifs is 1. The molecule has 1 heterocycles. The molecule has 0 radical (unpaired) electrons. The SMILES string of the molecule is CC(C)C[C@H](NC(=O)[C@H](CCCCN)NC(=O)CNC(=O)[C@@H](NC(=O)[C@H](CC(C)C)NC(=O)[C@@H](N)CCCCN)C(C)C)C(=O)N[C@@H](CC(N)=O)C(=O)N[C@@H](Cc1c[nH]c2ccccc12)C(=O)N[C@@H](C)C(=O)O. The maximum atomic E-state index is 14.0. The fourth-order valence-electron chi connectivity index (χ4n) is 7.73. The van der Waals surface area contributed by atoms with Gasteiger partial charge in [-0.3, -0.25) is 47.9 Å². The lowest BCUT2D eigenvalue weighted by Crippen LogP contribution is -2.60. The highest BCUT2D eigenvalue weighted by Gasteiger charge is 2.35. The number of H-pyrrole nitrogens is 1. The van der Waals surface area contributed by atoms with E-state index in [1.54, 1.807) is 58.2 Å². The van der Waals surface area contributed by atoms with Gasteiger partial charge in [0.1, 0.15) is 42.3 Å². The molecule has 1 aromatic heterocycles. The summed E-state index contributed by atoms with van der Waals surface area (Å²) in [6.07, 6.45) is 3.65. The predicted molar refractivity (Wildman–Crippen MR) is 273 cm³/mol. The lowest BCUT2D eigenvalue weighted by molar-refractivity contribution is -0.142. The van der Waals surface area contributed by atoms with Crippen molar-refractivity contribution in [1.82, 2.24) is 47.5 Å². The maximum Gasteiger partial charge on any atom is 0.325 e. The summed E-state index contributed by atoms with van der Waals surface area (Å²) in [7, 11) is 0. The topological polar surface area (TPSA) is 407 Å². The van der Waals surface area contributed by atoms with E-state index in [0.29, 0.717) is 44.2 Å². The number of amides is 9. The van der Waals surface area contributed by atoms with Gasteiger partial charge in [-0.05, 0) is 94.3 Å². The number of para-hydroxylation sites is 1. The number of aromatic nitrogens is 1. The van der Waals surface area contributed by atoms with Crippen molar-refractivity contribution in [2.45, 2.75) is 161 Å². The highest BCUT2D eigenvalue weighted by molar-refractivity contribution is 5.99. The van der Waals surface area contributed by atoms with Crippen molar-refractivity contribution in [3.63, 3.8) is 0 Å². The number of unbranched alkanes of at least 4 members (excludes halogenated alkanes) is 2. The molecular formula is C49H81N13O11. The lowest BCUT2D eigenvalue weighted by Gasteiger charge is -2.27. The zero-order valence-corrected chi connectivity index (χ0v) is 43.3. The number of benzene rings is 1. The summed E-state index contributed by atoms with van der Waals surface area (Å²) in [6.45, 7) is 12.0. The Morgan fingerprint density at radius 3 is 1.66 bits per heavy atom. The largest absolute Gasteiger partial charge is 0.480 e. The summed E-state index contributed by atoms with van der Waals surface area (Å²) in [5.74, 6) is -9.22. The van der Waals surface area contributed by atoms with Gasteiger partial charge in [0.25, 0.3) is 0 Å². The number of carbonyl (C=O) groups is 10. The van der Waals surface area contributed by atoms with Crippen molar-refractivity contribution in [2.24, 2.45) is 40.7 Å². The normalized spacial score (nSPS) is 14.6. The van der Waals surface area contributed by atoms with Crippen LogP contribution in [0.2, 0.25) is 0 Å². The van der Waals surface area contributed by atoms with Crippen LogP contribution in [0, 0.1) is 17.8 Å². The van der Waals surface area contributed by atoms with Crippen LogP contribution >= 0.6 is 0 Å². The third-order valence-corrected chi connectivity index (χ3v) is 11.8. The first-order valence-corrected chi connectivity index (χ1v) is 25.0. The van der Waals surface area contributed by atoms with Crippen LogP contribution in [0.4, 0.5) is 0 Å². The summed E-state index contributed by atoms with van der Waals surface area (Å²) in [4.78, 5) is 136. The van der Waals surface area contributed by atoms with E-state index in [4.69, 9.17) is 22.9 Å². The van der Waals surface area contributed by atoms with E-state index in [1.165, 1.54) is 6.92 Å². The van der Waals surface area contributed by atoms with Gasteiger partial charge >= 0.3 is 5.97 Å². The number of carboxylic acids is 1. The van der Waals surface area contributed by atoms with Crippen LogP contribution in [0.3, 0.4) is 0 Å². The molecule has 0 saturated carbocycles. The van der Waals surface area contributed by atoms with Gasteiger partial charge in [0.15, 0.2) is 0 Å². The molecule has 2 rings (SSSR count). The Labute approximate surface area is 426 Å². The molecule has 8 atom stereocenters. The van der Waals surface area contributed by atoms with Crippen molar-refractivity contribution in [3.8, 4) is 0 Å². The molecule has 0 bridgehead atoms. The Morgan fingerprint density at radius 1 is 0.589 bits per heavy atom. The fourth-order valence-corrected chi connectivity index (χ4v) is 7.73. The molecule has 0 spiro atoms. The van der Waals surface area contributed by atoms with Crippen molar-refractivity contribution < 1.29 is 53.1 Å². The minimum Gasteiger partial charge on any atom is -0.480 e. The summed E-state index contributed by atoms with van der Waals surface area (Å²) < 4.78 is 0. The van der Waals surface area contributed by atoms with Crippen LogP contribution in [0.1, 0.15) is 112 Å². The molecule has 73 heavy (non-hydrogen) atoms. The number of rotatable bonds is 34. The maximum absolute atomic E-state index is 14.0. The number of carboxylic acid groups (broad SMARTS) is 1. The molecule has 0 fully saturated rings. The van der Waals surface area contributed by atoms with Crippen LogP contribution in [-0.2, 0) is 54.4 Å². The summed E-state index contributed by atoms with van der Waals surface area (Å²) in [5.41, 5.74) is 24.2. The highest BCUT2D eigenvalue weighted by Crippen LogP contribution is 2.20. The average molecular weight is 1030 g/mol. The number of carbonyl (C=O) groups excluding carboxylic acids is 9. The van der Waals surface area contributed by atoms with Crippen molar-refractivity contribution in [1.29, 1.82) is 0 Å². The van der Waals surface area contributed by atoms with Crippen LogP contribution in [0.5, 0.6) is 0 Å². The van der Waals surface area contributed by atoms with Gasteiger partial charge in [0.2, 0.25) is 53.2 Å². The van der Waals surface area contributed by atoms with E-state index in [2.05, 4.69) is 47.5 Å². The lowest BCUT2D eigenvalue weighted by atomic mass is 9.99.